The molecule has 0 saturated carbocycles. The van der Waals surface area contributed by atoms with Gasteiger partial charge in [-0.3, -0.25) is 4.31 Å². The van der Waals surface area contributed by atoms with Gasteiger partial charge in [-0.05, 0) is 17.7 Å². The van der Waals surface area contributed by atoms with Crippen molar-refractivity contribution in [1.29, 1.82) is 0 Å². The summed E-state index contributed by atoms with van der Waals surface area (Å²) >= 11 is 0. The first-order valence-corrected chi connectivity index (χ1v) is 9.48. The van der Waals surface area contributed by atoms with Crippen LogP contribution >= 0.6 is 0 Å². The number of halogens is 1. The molecule has 0 aliphatic carbocycles. The van der Waals surface area contributed by atoms with Gasteiger partial charge in [0.15, 0.2) is 12.0 Å². The van der Waals surface area contributed by atoms with E-state index in [0.29, 0.717) is 0 Å². The standard InChI is InChI=1S/C17H16FN5O2S/c1-22(15-9-5-6-10-19-15)26(24,25)17-20-16-13(18)11-14(23(16)21-17)12-7-3-2-4-8-12/h2-10,13-14H,11H2,1H3/t13-,14-/m0/s1. The zero-order chi connectivity index (χ0) is 18.3. The Morgan fingerprint density at radius 1 is 1.15 bits per heavy atom. The molecule has 26 heavy (non-hydrogen) atoms. The highest BCUT2D eigenvalue weighted by atomic mass is 32.2. The van der Waals surface area contributed by atoms with Crippen LogP contribution in [-0.2, 0) is 10.0 Å². The van der Waals surface area contributed by atoms with Gasteiger partial charge in [-0.25, -0.2) is 14.1 Å². The van der Waals surface area contributed by atoms with Crippen molar-refractivity contribution >= 4 is 15.8 Å². The lowest BCUT2D eigenvalue weighted by Crippen LogP contribution is -2.28. The van der Waals surface area contributed by atoms with Crippen molar-refractivity contribution in [1.82, 2.24) is 19.7 Å². The first-order chi connectivity index (χ1) is 12.5. The van der Waals surface area contributed by atoms with E-state index in [2.05, 4.69) is 15.1 Å². The van der Waals surface area contributed by atoms with E-state index in [-0.39, 0.29) is 24.1 Å². The Bertz CT molecular complexity index is 1020. The van der Waals surface area contributed by atoms with Crippen LogP contribution in [0.5, 0.6) is 0 Å². The van der Waals surface area contributed by atoms with E-state index in [1.807, 2.05) is 30.3 Å². The van der Waals surface area contributed by atoms with Crippen LogP contribution in [0.3, 0.4) is 0 Å². The number of benzene rings is 1. The number of alkyl halides is 1. The normalized spacial score (nSPS) is 19.3. The fourth-order valence-electron chi connectivity index (χ4n) is 3.01. The molecule has 0 fully saturated rings. The van der Waals surface area contributed by atoms with Crippen molar-refractivity contribution in [3.05, 3.63) is 66.1 Å². The maximum Gasteiger partial charge on any atom is 0.302 e. The van der Waals surface area contributed by atoms with Crippen LogP contribution in [0.25, 0.3) is 0 Å². The topological polar surface area (TPSA) is 81.0 Å². The third-order valence-electron chi connectivity index (χ3n) is 4.39. The van der Waals surface area contributed by atoms with Crippen LogP contribution in [-0.4, -0.2) is 35.2 Å². The van der Waals surface area contributed by atoms with E-state index in [9.17, 15) is 12.8 Å². The minimum atomic E-state index is -4.04. The van der Waals surface area contributed by atoms with Crippen molar-refractivity contribution in [2.24, 2.45) is 0 Å². The summed E-state index contributed by atoms with van der Waals surface area (Å²) in [5.41, 5.74) is 0.862. The largest absolute Gasteiger partial charge is 0.302 e. The van der Waals surface area contributed by atoms with Crippen LogP contribution in [0.1, 0.15) is 30.0 Å². The van der Waals surface area contributed by atoms with Gasteiger partial charge in [-0.1, -0.05) is 36.4 Å². The lowest BCUT2D eigenvalue weighted by atomic mass is 10.0. The number of hydrogen-bond acceptors (Lipinski definition) is 5. The third-order valence-corrected chi connectivity index (χ3v) is 5.93. The van der Waals surface area contributed by atoms with Gasteiger partial charge in [0.05, 0.1) is 6.04 Å². The molecule has 0 unspecified atom stereocenters. The molecular formula is C17H16FN5O2S. The van der Waals surface area contributed by atoms with Crippen molar-refractivity contribution in [3.63, 3.8) is 0 Å². The van der Waals surface area contributed by atoms with E-state index < -0.39 is 21.4 Å². The van der Waals surface area contributed by atoms with Crippen LogP contribution < -0.4 is 4.31 Å². The molecule has 0 radical (unpaired) electrons. The van der Waals surface area contributed by atoms with Crippen molar-refractivity contribution in [2.45, 2.75) is 23.8 Å². The van der Waals surface area contributed by atoms with Gasteiger partial charge in [0.1, 0.15) is 5.82 Å². The zero-order valence-corrected chi connectivity index (χ0v) is 14.7. The second-order valence-corrected chi connectivity index (χ2v) is 7.85. The lowest BCUT2D eigenvalue weighted by molar-refractivity contribution is 0.326. The number of rotatable bonds is 4. The first-order valence-electron chi connectivity index (χ1n) is 8.04. The molecule has 3 aromatic rings. The fraction of sp³-hybridized carbons (Fsp3) is 0.235. The van der Waals surface area contributed by atoms with Crippen LogP contribution in [0.2, 0.25) is 0 Å². The molecule has 0 amide bonds. The second kappa shape index (κ2) is 6.17. The highest BCUT2D eigenvalue weighted by Crippen LogP contribution is 2.39. The molecule has 0 saturated heterocycles. The minimum absolute atomic E-state index is 0.0341. The summed E-state index contributed by atoms with van der Waals surface area (Å²) in [7, 11) is -2.67. The molecule has 1 aliphatic heterocycles. The minimum Gasteiger partial charge on any atom is -0.250 e. The van der Waals surface area contributed by atoms with Gasteiger partial charge in [0.25, 0.3) is 5.16 Å². The average Bonchev–Trinajstić information content (AvgIpc) is 3.24. The van der Waals surface area contributed by atoms with Gasteiger partial charge < -0.3 is 0 Å². The molecule has 1 aliphatic rings. The van der Waals surface area contributed by atoms with Gasteiger partial charge in [0.2, 0.25) is 0 Å². The summed E-state index contributed by atoms with van der Waals surface area (Å²) in [6, 6.07) is 13.8. The predicted octanol–water partition coefficient (Wildman–Crippen LogP) is 2.50. The summed E-state index contributed by atoms with van der Waals surface area (Å²) in [5.74, 6) is 0.269. The monoisotopic (exact) mass is 373 g/mol. The third kappa shape index (κ3) is 2.64. The Balaban J connectivity index is 1.73. The molecule has 1 aromatic carbocycles. The highest BCUT2D eigenvalue weighted by Gasteiger charge is 2.38. The van der Waals surface area contributed by atoms with E-state index in [1.165, 1.54) is 17.9 Å². The fourth-order valence-corrected chi connectivity index (χ4v) is 4.01. The number of sulfonamides is 1. The molecule has 2 aromatic heterocycles. The highest BCUT2D eigenvalue weighted by molar-refractivity contribution is 7.92. The summed E-state index contributed by atoms with van der Waals surface area (Å²) in [4.78, 5) is 8.01. The van der Waals surface area contributed by atoms with Gasteiger partial charge in [-0.15, -0.1) is 5.10 Å². The SMILES string of the molecule is CN(c1ccccn1)S(=O)(=O)c1nc2n(n1)[C@H](c1ccccc1)C[C@@H]2F. The quantitative estimate of drug-likeness (QED) is 0.702. The predicted molar refractivity (Wildman–Crippen MR) is 92.9 cm³/mol. The molecule has 4 rings (SSSR count). The maximum atomic E-state index is 14.4. The number of fused-ring (bicyclic) bond motifs is 1. The average molecular weight is 373 g/mol. The molecule has 0 spiro atoms. The summed E-state index contributed by atoms with van der Waals surface area (Å²) in [5, 5.41) is 3.70. The maximum absolute atomic E-state index is 14.4. The van der Waals surface area contributed by atoms with Crippen LogP contribution in [0.4, 0.5) is 10.2 Å². The van der Waals surface area contributed by atoms with Gasteiger partial charge in [0, 0.05) is 19.7 Å². The van der Waals surface area contributed by atoms with Gasteiger partial charge in [-0.2, -0.15) is 13.4 Å². The van der Waals surface area contributed by atoms with Gasteiger partial charge >= 0.3 is 10.0 Å². The number of hydrogen-bond donors (Lipinski definition) is 0. The van der Waals surface area contributed by atoms with E-state index in [1.54, 1.807) is 18.2 Å². The number of aromatic nitrogens is 4. The zero-order valence-electron chi connectivity index (χ0n) is 13.9. The smallest absolute Gasteiger partial charge is 0.250 e. The van der Waals surface area contributed by atoms with Crippen molar-refractivity contribution < 1.29 is 12.8 Å². The Morgan fingerprint density at radius 3 is 2.58 bits per heavy atom. The molecule has 3 heterocycles. The molecule has 7 nitrogen and oxygen atoms in total. The molecule has 2 atom stereocenters. The van der Waals surface area contributed by atoms with E-state index in [0.717, 1.165) is 9.87 Å². The summed E-state index contributed by atoms with van der Waals surface area (Å²) in [6.45, 7) is 0. The van der Waals surface area contributed by atoms with Crippen LogP contribution in [0.15, 0.2) is 59.9 Å². The Hall–Kier alpha value is -2.81. The Labute approximate surface area is 150 Å². The Kier molecular flexibility index (Phi) is 3.95. The molecule has 0 bridgehead atoms. The Morgan fingerprint density at radius 2 is 1.88 bits per heavy atom. The lowest BCUT2D eigenvalue weighted by Gasteiger charge is -2.16. The number of pyridine rings is 1. The molecule has 0 N–H and O–H groups in total. The van der Waals surface area contributed by atoms with Crippen molar-refractivity contribution in [2.75, 3.05) is 11.4 Å². The summed E-state index contributed by atoms with van der Waals surface area (Å²) in [6.07, 6.45) is 0.317. The number of nitrogens with zero attached hydrogens (tertiary/aromatic N) is 5. The molecule has 134 valence electrons. The summed E-state index contributed by atoms with van der Waals surface area (Å²) < 4.78 is 42.4. The molecular weight excluding hydrogens is 357 g/mol. The van der Waals surface area contributed by atoms with Crippen LogP contribution in [0, 0.1) is 0 Å². The van der Waals surface area contributed by atoms with E-state index >= 15 is 0 Å². The van der Waals surface area contributed by atoms with E-state index in [4.69, 9.17) is 0 Å². The number of anilines is 1. The molecule has 9 heteroatoms. The van der Waals surface area contributed by atoms with Crippen molar-refractivity contribution in [3.8, 4) is 0 Å². The second-order valence-electron chi connectivity index (χ2n) is 5.99. The first kappa shape index (κ1) is 16.6.